The number of aryl methyl sites for hydroxylation is 1. The molecule has 1 aromatic carbocycles. The van der Waals surface area contributed by atoms with Gasteiger partial charge in [0, 0.05) is 0 Å². The van der Waals surface area contributed by atoms with Gasteiger partial charge in [-0.25, -0.2) is 4.79 Å². The average molecular weight is 264 g/mol. The van der Waals surface area contributed by atoms with E-state index in [-0.39, 0.29) is 17.2 Å². The number of carbonyl (C=O) groups is 2. The number of carboxylic acids is 1. The van der Waals surface area contributed by atoms with E-state index in [2.05, 4.69) is 5.32 Å². The van der Waals surface area contributed by atoms with Crippen LogP contribution in [0.4, 0.5) is 5.69 Å². The fourth-order valence-electron chi connectivity index (χ4n) is 1.78. The van der Waals surface area contributed by atoms with Crippen LogP contribution in [0.3, 0.4) is 0 Å². The molecule has 0 saturated heterocycles. The largest absolute Gasteiger partial charge is 0.478 e. The van der Waals surface area contributed by atoms with Crippen LogP contribution < -0.4 is 11.1 Å². The lowest BCUT2D eigenvalue weighted by molar-refractivity contribution is -0.117. The summed E-state index contributed by atoms with van der Waals surface area (Å²) in [5.41, 5.74) is 6.94. The van der Waals surface area contributed by atoms with Gasteiger partial charge in [-0.2, -0.15) is 0 Å². The first kappa shape index (κ1) is 15.2. The normalized spacial score (nSPS) is 12.3. The molecule has 0 aromatic heterocycles. The number of anilines is 1. The van der Waals surface area contributed by atoms with Crippen molar-refractivity contribution in [3.63, 3.8) is 0 Å². The number of hydrogen-bond acceptors (Lipinski definition) is 3. The number of carbonyl (C=O) groups excluding carboxylic acids is 1. The van der Waals surface area contributed by atoms with Crippen LogP contribution >= 0.6 is 0 Å². The molecule has 5 nitrogen and oxygen atoms in total. The summed E-state index contributed by atoms with van der Waals surface area (Å²) in [7, 11) is 0. The minimum absolute atomic E-state index is 0.0742. The summed E-state index contributed by atoms with van der Waals surface area (Å²) < 4.78 is 0. The molecule has 0 saturated carbocycles. The maximum Gasteiger partial charge on any atom is 0.337 e. The molecule has 1 rings (SSSR count). The Morgan fingerprint density at radius 3 is 2.53 bits per heavy atom. The Morgan fingerprint density at radius 2 is 2.00 bits per heavy atom. The Labute approximate surface area is 112 Å². The first-order valence-corrected chi connectivity index (χ1v) is 6.21. The summed E-state index contributed by atoms with van der Waals surface area (Å²) in [6.07, 6.45) is 0.556. The molecule has 0 fully saturated rings. The zero-order chi connectivity index (χ0) is 14.6. The second-order valence-corrected chi connectivity index (χ2v) is 5.08. The van der Waals surface area contributed by atoms with Crippen molar-refractivity contribution in [2.24, 2.45) is 11.7 Å². The van der Waals surface area contributed by atoms with Gasteiger partial charge in [0.25, 0.3) is 0 Å². The highest BCUT2D eigenvalue weighted by atomic mass is 16.4. The van der Waals surface area contributed by atoms with E-state index in [1.54, 1.807) is 19.1 Å². The van der Waals surface area contributed by atoms with Crippen LogP contribution in [0.5, 0.6) is 0 Å². The van der Waals surface area contributed by atoms with Crippen molar-refractivity contribution < 1.29 is 14.7 Å². The Hall–Kier alpha value is -1.88. The van der Waals surface area contributed by atoms with Crippen LogP contribution in [0.1, 0.15) is 36.2 Å². The highest BCUT2D eigenvalue weighted by molar-refractivity contribution is 6.02. The van der Waals surface area contributed by atoms with Gasteiger partial charge in [0.15, 0.2) is 0 Å². The van der Waals surface area contributed by atoms with Gasteiger partial charge in [-0.15, -0.1) is 0 Å². The summed E-state index contributed by atoms with van der Waals surface area (Å²) in [6.45, 7) is 5.74. The van der Waals surface area contributed by atoms with E-state index >= 15 is 0 Å². The van der Waals surface area contributed by atoms with E-state index in [1.165, 1.54) is 6.07 Å². The van der Waals surface area contributed by atoms with E-state index in [0.717, 1.165) is 5.56 Å². The van der Waals surface area contributed by atoms with Crippen molar-refractivity contribution >= 4 is 17.6 Å². The molecule has 0 aliphatic heterocycles. The van der Waals surface area contributed by atoms with E-state index in [1.807, 2.05) is 13.8 Å². The van der Waals surface area contributed by atoms with Gasteiger partial charge in [-0.05, 0) is 31.4 Å². The molecular formula is C14H20N2O3. The fraction of sp³-hybridized carbons (Fsp3) is 0.429. The van der Waals surface area contributed by atoms with Crippen molar-refractivity contribution in [3.8, 4) is 0 Å². The smallest absolute Gasteiger partial charge is 0.337 e. The molecule has 0 bridgehead atoms. The fourth-order valence-corrected chi connectivity index (χ4v) is 1.78. The van der Waals surface area contributed by atoms with Gasteiger partial charge in [-0.3, -0.25) is 4.79 Å². The maximum absolute atomic E-state index is 11.9. The molecule has 0 aliphatic rings. The Bertz CT molecular complexity index is 484. The summed E-state index contributed by atoms with van der Waals surface area (Å²) in [5, 5.41) is 11.7. The third-order valence-electron chi connectivity index (χ3n) is 2.73. The second kappa shape index (κ2) is 6.33. The average Bonchev–Trinajstić information content (AvgIpc) is 2.30. The first-order chi connectivity index (χ1) is 8.81. The lowest BCUT2D eigenvalue weighted by atomic mass is 10.0. The second-order valence-electron chi connectivity index (χ2n) is 5.08. The molecule has 0 heterocycles. The van der Waals surface area contributed by atoms with E-state index in [0.29, 0.717) is 12.3 Å². The van der Waals surface area contributed by atoms with Crippen LogP contribution in [0.2, 0.25) is 0 Å². The highest BCUT2D eigenvalue weighted by Crippen LogP contribution is 2.18. The number of carboxylic acid groups (broad SMARTS) is 1. The number of benzene rings is 1. The van der Waals surface area contributed by atoms with Gasteiger partial charge in [0.1, 0.15) is 0 Å². The first-order valence-electron chi connectivity index (χ1n) is 6.21. The number of aromatic carboxylic acids is 1. The zero-order valence-corrected chi connectivity index (χ0v) is 11.4. The Kier molecular flexibility index (Phi) is 5.06. The number of nitrogens with two attached hydrogens (primary N) is 1. The summed E-state index contributed by atoms with van der Waals surface area (Å²) in [5.74, 6) is -1.13. The molecule has 0 aliphatic carbocycles. The van der Waals surface area contributed by atoms with Crippen LogP contribution in [-0.4, -0.2) is 23.0 Å². The molecule has 5 heteroatoms. The van der Waals surface area contributed by atoms with Gasteiger partial charge in [0.05, 0.1) is 17.3 Å². The molecule has 4 N–H and O–H groups in total. The minimum Gasteiger partial charge on any atom is -0.478 e. The number of rotatable bonds is 5. The predicted octanol–water partition coefficient (Wildman–Crippen LogP) is 2.01. The van der Waals surface area contributed by atoms with E-state index in [9.17, 15) is 9.59 Å². The molecule has 0 spiro atoms. The third-order valence-corrected chi connectivity index (χ3v) is 2.73. The van der Waals surface area contributed by atoms with Crippen LogP contribution in [0, 0.1) is 12.8 Å². The standard InChI is InChI=1S/C14H20N2O3/c1-8(2)6-11(15)13(17)16-12-5-4-9(3)7-10(12)14(18)19/h4-5,7-8,11H,6,15H2,1-3H3,(H,16,17)(H,18,19)/t11-/m1/s1. The van der Waals surface area contributed by atoms with Gasteiger partial charge < -0.3 is 16.2 Å². The predicted molar refractivity (Wildman–Crippen MR) is 74.2 cm³/mol. The Morgan fingerprint density at radius 1 is 1.37 bits per heavy atom. The third kappa shape index (κ3) is 4.37. The zero-order valence-electron chi connectivity index (χ0n) is 11.4. The lowest BCUT2D eigenvalue weighted by Crippen LogP contribution is -2.37. The van der Waals surface area contributed by atoms with Gasteiger partial charge in [0.2, 0.25) is 5.91 Å². The number of amides is 1. The summed E-state index contributed by atoms with van der Waals surface area (Å²) in [6, 6.07) is 4.21. The molecule has 1 atom stereocenters. The topological polar surface area (TPSA) is 92.4 Å². The monoisotopic (exact) mass is 264 g/mol. The van der Waals surface area contributed by atoms with Crippen LogP contribution in [0.15, 0.2) is 18.2 Å². The van der Waals surface area contributed by atoms with E-state index in [4.69, 9.17) is 10.8 Å². The molecule has 104 valence electrons. The van der Waals surface area contributed by atoms with Crippen LogP contribution in [-0.2, 0) is 4.79 Å². The van der Waals surface area contributed by atoms with Crippen molar-refractivity contribution in [2.75, 3.05) is 5.32 Å². The SMILES string of the molecule is Cc1ccc(NC(=O)[C@H](N)CC(C)C)c(C(=O)O)c1. The maximum atomic E-state index is 11.9. The number of hydrogen-bond donors (Lipinski definition) is 3. The molecule has 0 radical (unpaired) electrons. The Balaban J connectivity index is 2.87. The van der Waals surface area contributed by atoms with E-state index < -0.39 is 12.0 Å². The summed E-state index contributed by atoms with van der Waals surface area (Å²) >= 11 is 0. The minimum atomic E-state index is -1.07. The summed E-state index contributed by atoms with van der Waals surface area (Å²) in [4.78, 5) is 23.0. The van der Waals surface area contributed by atoms with Crippen molar-refractivity contribution in [1.29, 1.82) is 0 Å². The van der Waals surface area contributed by atoms with Crippen molar-refractivity contribution in [1.82, 2.24) is 0 Å². The van der Waals surface area contributed by atoms with Crippen LogP contribution in [0.25, 0.3) is 0 Å². The molecule has 19 heavy (non-hydrogen) atoms. The van der Waals surface area contributed by atoms with Crippen molar-refractivity contribution in [2.45, 2.75) is 33.2 Å². The highest BCUT2D eigenvalue weighted by Gasteiger charge is 2.18. The molecule has 1 aromatic rings. The lowest BCUT2D eigenvalue weighted by Gasteiger charge is -2.15. The van der Waals surface area contributed by atoms with Gasteiger partial charge in [-0.1, -0.05) is 25.5 Å². The quantitative estimate of drug-likeness (QED) is 0.758. The number of nitrogens with one attached hydrogen (secondary N) is 1. The van der Waals surface area contributed by atoms with Crippen molar-refractivity contribution in [3.05, 3.63) is 29.3 Å². The molecular weight excluding hydrogens is 244 g/mol. The molecule has 0 unspecified atom stereocenters. The van der Waals surface area contributed by atoms with Gasteiger partial charge >= 0.3 is 5.97 Å². The molecule has 1 amide bonds.